The Labute approximate surface area is 188 Å². The number of carbonyl (C=O) groups excluding carboxylic acids is 1. The Bertz CT molecular complexity index is 411. The molecule has 0 spiro atoms. The molecular weight excluding hydrogens is 368 g/mol. The highest BCUT2D eigenvalue weighted by Crippen LogP contribution is 2.17. The van der Waals surface area contributed by atoms with E-state index in [4.69, 9.17) is 4.74 Å². The molecule has 0 aliphatic carbocycles. The summed E-state index contributed by atoms with van der Waals surface area (Å²) in [5, 5.41) is 0. The lowest BCUT2D eigenvalue weighted by molar-refractivity contribution is -0.145. The summed E-state index contributed by atoms with van der Waals surface area (Å²) >= 11 is 0. The molecule has 0 fully saturated rings. The summed E-state index contributed by atoms with van der Waals surface area (Å²) in [6.45, 7) is 7.34. The molecule has 1 atom stereocenters. The largest absolute Gasteiger partial charge is 0.465 e. The minimum atomic E-state index is 0.0114. The van der Waals surface area contributed by atoms with Crippen molar-refractivity contribution in [1.82, 2.24) is 0 Å². The van der Waals surface area contributed by atoms with E-state index in [0.717, 1.165) is 19.3 Å². The van der Waals surface area contributed by atoms with Crippen LogP contribution in [0.3, 0.4) is 0 Å². The highest BCUT2D eigenvalue weighted by Gasteiger charge is 2.11. The van der Waals surface area contributed by atoms with Gasteiger partial charge in [0.05, 0.1) is 6.61 Å². The van der Waals surface area contributed by atoms with Gasteiger partial charge in [-0.2, -0.15) is 0 Å². The van der Waals surface area contributed by atoms with Gasteiger partial charge in [0.15, 0.2) is 0 Å². The SMILES string of the molecule is CCCCC/C=C\C/C=C\CCCCCCCC(=O)OCC(CCC)CCCCC. The lowest BCUT2D eigenvalue weighted by Gasteiger charge is -2.16. The molecule has 0 rings (SSSR count). The molecule has 0 bridgehead atoms. The van der Waals surface area contributed by atoms with E-state index < -0.39 is 0 Å². The first-order valence-corrected chi connectivity index (χ1v) is 13.2. The highest BCUT2D eigenvalue weighted by molar-refractivity contribution is 5.69. The van der Waals surface area contributed by atoms with Crippen LogP contribution in [0.15, 0.2) is 24.3 Å². The van der Waals surface area contributed by atoms with Gasteiger partial charge in [0.25, 0.3) is 0 Å². The van der Waals surface area contributed by atoms with Gasteiger partial charge in [-0.1, -0.05) is 103 Å². The second kappa shape index (κ2) is 24.2. The summed E-state index contributed by atoms with van der Waals surface area (Å²) in [6, 6.07) is 0. The van der Waals surface area contributed by atoms with Crippen LogP contribution in [-0.4, -0.2) is 12.6 Å². The van der Waals surface area contributed by atoms with Gasteiger partial charge in [0, 0.05) is 6.42 Å². The molecule has 0 aromatic heterocycles. The van der Waals surface area contributed by atoms with Crippen molar-refractivity contribution >= 4 is 5.97 Å². The molecule has 30 heavy (non-hydrogen) atoms. The predicted octanol–water partition coefficient (Wildman–Crippen LogP) is 9.34. The van der Waals surface area contributed by atoms with Crippen LogP contribution in [0.4, 0.5) is 0 Å². The summed E-state index contributed by atoms with van der Waals surface area (Å²) in [5.41, 5.74) is 0. The van der Waals surface area contributed by atoms with E-state index in [1.807, 2.05) is 0 Å². The Morgan fingerprint density at radius 2 is 1.27 bits per heavy atom. The van der Waals surface area contributed by atoms with Gasteiger partial charge in [-0.25, -0.2) is 0 Å². The molecule has 0 heterocycles. The van der Waals surface area contributed by atoms with Crippen molar-refractivity contribution in [3.8, 4) is 0 Å². The third-order valence-electron chi connectivity index (χ3n) is 5.72. The number of hydrogen-bond acceptors (Lipinski definition) is 2. The lowest BCUT2D eigenvalue weighted by atomic mass is 9.97. The molecule has 176 valence electrons. The smallest absolute Gasteiger partial charge is 0.305 e. The van der Waals surface area contributed by atoms with Gasteiger partial charge in [0.1, 0.15) is 0 Å². The molecule has 0 aromatic carbocycles. The number of unbranched alkanes of at least 4 members (excludes halogenated alkanes) is 10. The molecule has 2 nitrogen and oxygen atoms in total. The maximum absolute atomic E-state index is 12.0. The number of rotatable bonds is 22. The van der Waals surface area contributed by atoms with Crippen LogP contribution in [0, 0.1) is 5.92 Å². The van der Waals surface area contributed by atoms with E-state index in [0.29, 0.717) is 18.9 Å². The van der Waals surface area contributed by atoms with Crippen molar-refractivity contribution in [3.05, 3.63) is 24.3 Å². The normalized spacial score (nSPS) is 12.8. The Morgan fingerprint density at radius 3 is 1.93 bits per heavy atom. The third-order valence-corrected chi connectivity index (χ3v) is 5.72. The van der Waals surface area contributed by atoms with Crippen molar-refractivity contribution < 1.29 is 9.53 Å². The summed E-state index contributed by atoms with van der Waals surface area (Å²) in [5.74, 6) is 0.576. The van der Waals surface area contributed by atoms with E-state index >= 15 is 0 Å². The average molecular weight is 421 g/mol. The number of ether oxygens (including phenoxy) is 1. The molecular formula is C28H52O2. The molecule has 0 saturated carbocycles. The summed E-state index contributed by atoms with van der Waals surface area (Å²) in [6.07, 6.45) is 30.6. The molecule has 0 radical (unpaired) electrons. The zero-order chi connectivity index (χ0) is 22.1. The number of hydrogen-bond donors (Lipinski definition) is 0. The standard InChI is InChI=1S/C28H52O2/c1-4-7-9-10-11-12-13-14-15-16-17-18-19-20-22-25-28(29)30-26-27(23-6-3)24-21-8-5-2/h11-12,14-15,27H,4-10,13,16-26H2,1-3H3/b12-11-,15-14-. The van der Waals surface area contributed by atoms with Crippen molar-refractivity contribution in [2.45, 2.75) is 136 Å². The van der Waals surface area contributed by atoms with Crippen LogP contribution >= 0.6 is 0 Å². The Morgan fingerprint density at radius 1 is 0.667 bits per heavy atom. The topological polar surface area (TPSA) is 26.3 Å². The van der Waals surface area contributed by atoms with Gasteiger partial charge in [-0.15, -0.1) is 0 Å². The zero-order valence-electron chi connectivity index (χ0n) is 20.6. The van der Waals surface area contributed by atoms with Gasteiger partial charge < -0.3 is 4.74 Å². The van der Waals surface area contributed by atoms with Crippen LogP contribution in [0.1, 0.15) is 136 Å². The van der Waals surface area contributed by atoms with E-state index in [9.17, 15) is 4.79 Å². The number of carbonyl (C=O) groups is 1. The third kappa shape index (κ3) is 21.7. The fraction of sp³-hybridized carbons (Fsp3) is 0.821. The zero-order valence-corrected chi connectivity index (χ0v) is 20.6. The van der Waals surface area contributed by atoms with Crippen molar-refractivity contribution in [2.24, 2.45) is 5.92 Å². The molecule has 0 aliphatic rings. The lowest BCUT2D eigenvalue weighted by Crippen LogP contribution is -2.14. The van der Waals surface area contributed by atoms with Crippen LogP contribution in [0.5, 0.6) is 0 Å². The van der Waals surface area contributed by atoms with E-state index in [2.05, 4.69) is 45.1 Å². The number of esters is 1. The fourth-order valence-corrected chi connectivity index (χ4v) is 3.77. The van der Waals surface area contributed by atoms with Crippen molar-refractivity contribution in [3.63, 3.8) is 0 Å². The first kappa shape index (κ1) is 28.9. The summed E-state index contributed by atoms with van der Waals surface area (Å²) in [7, 11) is 0. The van der Waals surface area contributed by atoms with E-state index in [1.54, 1.807) is 0 Å². The first-order chi connectivity index (χ1) is 14.7. The molecule has 1 unspecified atom stereocenters. The van der Waals surface area contributed by atoms with Gasteiger partial charge in [-0.3, -0.25) is 4.79 Å². The molecule has 0 amide bonds. The number of allylic oxidation sites excluding steroid dienone is 4. The molecule has 0 aromatic rings. The van der Waals surface area contributed by atoms with E-state index in [-0.39, 0.29) is 5.97 Å². The monoisotopic (exact) mass is 420 g/mol. The second-order valence-electron chi connectivity index (χ2n) is 8.81. The maximum atomic E-state index is 12.0. The molecule has 0 saturated heterocycles. The van der Waals surface area contributed by atoms with Gasteiger partial charge in [-0.05, 0) is 57.3 Å². The average Bonchev–Trinajstić information content (AvgIpc) is 2.75. The minimum absolute atomic E-state index is 0.0114. The van der Waals surface area contributed by atoms with Gasteiger partial charge >= 0.3 is 5.97 Å². The highest BCUT2D eigenvalue weighted by atomic mass is 16.5. The van der Waals surface area contributed by atoms with Gasteiger partial charge in [0.2, 0.25) is 0 Å². The Hall–Kier alpha value is -1.05. The fourth-order valence-electron chi connectivity index (χ4n) is 3.77. The molecule has 0 N–H and O–H groups in total. The maximum Gasteiger partial charge on any atom is 0.305 e. The summed E-state index contributed by atoms with van der Waals surface area (Å²) in [4.78, 5) is 12.0. The molecule has 2 heteroatoms. The predicted molar refractivity (Wildman–Crippen MR) is 133 cm³/mol. The van der Waals surface area contributed by atoms with Crippen LogP contribution in [0.25, 0.3) is 0 Å². The van der Waals surface area contributed by atoms with Crippen molar-refractivity contribution in [2.75, 3.05) is 6.61 Å². The first-order valence-electron chi connectivity index (χ1n) is 13.2. The van der Waals surface area contributed by atoms with E-state index in [1.165, 1.54) is 89.9 Å². The Balaban J connectivity index is 3.51. The van der Waals surface area contributed by atoms with Crippen LogP contribution in [-0.2, 0) is 9.53 Å². The molecule has 0 aliphatic heterocycles. The van der Waals surface area contributed by atoms with Crippen molar-refractivity contribution in [1.29, 1.82) is 0 Å². The van der Waals surface area contributed by atoms with Crippen LogP contribution < -0.4 is 0 Å². The summed E-state index contributed by atoms with van der Waals surface area (Å²) < 4.78 is 5.55. The quantitative estimate of drug-likeness (QED) is 0.0990. The Kier molecular flexibility index (Phi) is 23.4. The van der Waals surface area contributed by atoms with Crippen LogP contribution in [0.2, 0.25) is 0 Å². The second-order valence-corrected chi connectivity index (χ2v) is 8.81. The minimum Gasteiger partial charge on any atom is -0.465 e.